The Hall–Kier alpha value is -2.49. The monoisotopic (exact) mass is 338 g/mol. The van der Waals surface area contributed by atoms with Crippen molar-refractivity contribution in [1.29, 1.82) is 0 Å². The molecule has 1 heterocycles. The molecule has 25 heavy (non-hydrogen) atoms. The van der Waals surface area contributed by atoms with Crippen molar-refractivity contribution < 1.29 is 9.13 Å². The quantitative estimate of drug-likeness (QED) is 0.629. The van der Waals surface area contributed by atoms with E-state index in [1.807, 2.05) is 0 Å². The first-order valence-corrected chi connectivity index (χ1v) is 8.62. The second kappa shape index (κ2) is 7.18. The van der Waals surface area contributed by atoms with Crippen molar-refractivity contribution in [1.82, 2.24) is 9.97 Å². The molecule has 0 amide bonds. The molecule has 0 aliphatic heterocycles. The Labute approximate surface area is 147 Å². The van der Waals surface area contributed by atoms with Gasteiger partial charge in [0.25, 0.3) is 0 Å². The van der Waals surface area contributed by atoms with Gasteiger partial charge >= 0.3 is 0 Å². The molecule has 3 aromatic rings. The molecule has 3 rings (SSSR count). The topological polar surface area (TPSA) is 35.0 Å². The zero-order valence-electron chi connectivity index (χ0n) is 14.9. The zero-order chi connectivity index (χ0) is 17.9. The van der Waals surface area contributed by atoms with Crippen LogP contribution in [-0.2, 0) is 11.8 Å². The summed E-state index contributed by atoms with van der Waals surface area (Å²) < 4.78 is 19.2. The molecule has 4 heteroatoms. The lowest BCUT2D eigenvalue weighted by Crippen LogP contribution is -2.15. The Morgan fingerprint density at radius 1 is 1.04 bits per heavy atom. The van der Waals surface area contributed by atoms with E-state index in [9.17, 15) is 4.39 Å². The van der Waals surface area contributed by atoms with Crippen LogP contribution in [0.2, 0.25) is 0 Å². The third-order valence-corrected chi connectivity index (χ3v) is 4.81. The average Bonchev–Trinajstić information content (AvgIpc) is 2.62. The van der Waals surface area contributed by atoms with E-state index >= 15 is 0 Å². The maximum atomic E-state index is 13.5. The van der Waals surface area contributed by atoms with Gasteiger partial charge in [-0.25, -0.2) is 14.4 Å². The molecule has 0 radical (unpaired) electrons. The fourth-order valence-electron chi connectivity index (χ4n) is 2.71. The largest absolute Gasteiger partial charge is 0.477 e. The molecule has 0 aliphatic carbocycles. The van der Waals surface area contributed by atoms with Gasteiger partial charge in [0.1, 0.15) is 12.1 Å². The lowest BCUT2D eigenvalue weighted by Gasteiger charge is -2.23. The first kappa shape index (κ1) is 17.3. The van der Waals surface area contributed by atoms with Gasteiger partial charge in [-0.1, -0.05) is 45.0 Å². The Morgan fingerprint density at radius 2 is 1.80 bits per heavy atom. The van der Waals surface area contributed by atoms with Crippen LogP contribution in [0.3, 0.4) is 0 Å². The summed E-state index contributed by atoms with van der Waals surface area (Å²) in [6.07, 6.45) is 3.32. The highest BCUT2D eigenvalue weighted by Gasteiger charge is 2.17. The molecule has 0 aliphatic rings. The summed E-state index contributed by atoms with van der Waals surface area (Å²) in [6, 6.07) is 13.1. The molecule has 130 valence electrons. The smallest absolute Gasteiger partial charge is 0.224 e. The summed E-state index contributed by atoms with van der Waals surface area (Å²) in [5.41, 5.74) is 3.42. The molecule has 0 fully saturated rings. The number of hydrogen-bond donors (Lipinski definition) is 0. The molecule has 2 aromatic carbocycles. The van der Waals surface area contributed by atoms with Crippen LogP contribution in [0.5, 0.6) is 5.88 Å². The van der Waals surface area contributed by atoms with Gasteiger partial charge in [0, 0.05) is 6.42 Å². The Morgan fingerprint density at radius 3 is 2.52 bits per heavy atom. The number of rotatable bonds is 6. The van der Waals surface area contributed by atoms with Gasteiger partial charge in [-0.15, -0.1) is 0 Å². The van der Waals surface area contributed by atoms with Crippen LogP contribution in [0.4, 0.5) is 4.39 Å². The van der Waals surface area contributed by atoms with Gasteiger partial charge in [0.15, 0.2) is 0 Å². The Balaban J connectivity index is 1.66. The highest BCUT2D eigenvalue weighted by atomic mass is 19.1. The fourth-order valence-corrected chi connectivity index (χ4v) is 2.71. The van der Waals surface area contributed by atoms with Crippen molar-refractivity contribution >= 4 is 10.9 Å². The minimum Gasteiger partial charge on any atom is -0.477 e. The normalized spacial score (nSPS) is 11.7. The van der Waals surface area contributed by atoms with Crippen molar-refractivity contribution in [2.24, 2.45) is 0 Å². The number of hydrogen-bond acceptors (Lipinski definition) is 3. The number of fused-ring (bicyclic) bond motifs is 1. The molecule has 0 spiro atoms. The summed E-state index contributed by atoms with van der Waals surface area (Å²) in [6.45, 7) is 7.20. The molecule has 0 atom stereocenters. The van der Waals surface area contributed by atoms with E-state index in [1.54, 1.807) is 6.07 Å². The first-order chi connectivity index (χ1) is 12.0. The molecular formula is C21H23FN2O. The van der Waals surface area contributed by atoms with Crippen molar-refractivity contribution in [2.45, 2.75) is 39.0 Å². The SMILES string of the molecule is CCC(C)(C)c1ccc(CCOc2ncnc3ccc(F)cc23)cc1. The number of ether oxygens (including phenoxy) is 1. The molecule has 0 saturated carbocycles. The van der Waals surface area contributed by atoms with E-state index in [0.29, 0.717) is 23.4 Å². The Kier molecular flexibility index (Phi) is 4.98. The summed E-state index contributed by atoms with van der Waals surface area (Å²) in [5.74, 6) is 0.106. The van der Waals surface area contributed by atoms with Gasteiger partial charge in [0.05, 0.1) is 17.5 Å². The van der Waals surface area contributed by atoms with Crippen LogP contribution < -0.4 is 4.74 Å². The predicted octanol–water partition coefficient (Wildman–Crippen LogP) is 5.08. The summed E-state index contributed by atoms with van der Waals surface area (Å²) in [5, 5.41) is 0.600. The third-order valence-electron chi connectivity index (χ3n) is 4.81. The zero-order valence-corrected chi connectivity index (χ0v) is 14.9. The van der Waals surface area contributed by atoms with E-state index in [2.05, 4.69) is 55.0 Å². The molecular weight excluding hydrogens is 315 g/mol. The minimum atomic E-state index is -0.318. The summed E-state index contributed by atoms with van der Waals surface area (Å²) in [4.78, 5) is 8.27. The van der Waals surface area contributed by atoms with Crippen LogP contribution in [0, 0.1) is 5.82 Å². The molecule has 0 bridgehead atoms. The molecule has 3 nitrogen and oxygen atoms in total. The Bertz CT molecular complexity index is 859. The summed E-state index contributed by atoms with van der Waals surface area (Å²) >= 11 is 0. The van der Waals surface area contributed by atoms with Gasteiger partial charge in [-0.3, -0.25) is 0 Å². The van der Waals surface area contributed by atoms with Crippen molar-refractivity contribution in [3.05, 3.63) is 65.7 Å². The van der Waals surface area contributed by atoms with Crippen molar-refractivity contribution in [3.8, 4) is 5.88 Å². The molecule has 1 aromatic heterocycles. The maximum Gasteiger partial charge on any atom is 0.224 e. The predicted molar refractivity (Wildman–Crippen MR) is 98.5 cm³/mol. The lowest BCUT2D eigenvalue weighted by atomic mass is 9.82. The highest BCUT2D eigenvalue weighted by molar-refractivity contribution is 5.83. The van der Waals surface area contributed by atoms with Gasteiger partial charge in [-0.2, -0.15) is 0 Å². The first-order valence-electron chi connectivity index (χ1n) is 8.62. The maximum absolute atomic E-state index is 13.5. The van der Waals surface area contributed by atoms with Crippen LogP contribution in [0.1, 0.15) is 38.3 Å². The number of nitrogens with zero attached hydrogens (tertiary/aromatic N) is 2. The number of aromatic nitrogens is 2. The second-order valence-electron chi connectivity index (χ2n) is 6.87. The molecule has 0 N–H and O–H groups in total. The number of halogens is 1. The van der Waals surface area contributed by atoms with E-state index in [-0.39, 0.29) is 11.2 Å². The van der Waals surface area contributed by atoms with E-state index in [1.165, 1.54) is 29.6 Å². The summed E-state index contributed by atoms with van der Waals surface area (Å²) in [7, 11) is 0. The van der Waals surface area contributed by atoms with Crippen molar-refractivity contribution in [3.63, 3.8) is 0 Å². The number of benzene rings is 2. The van der Waals surface area contributed by atoms with Gasteiger partial charge < -0.3 is 4.74 Å². The van der Waals surface area contributed by atoms with Crippen molar-refractivity contribution in [2.75, 3.05) is 6.61 Å². The van der Waals surface area contributed by atoms with E-state index < -0.39 is 0 Å². The third kappa shape index (κ3) is 3.95. The second-order valence-corrected chi connectivity index (χ2v) is 6.87. The van der Waals surface area contributed by atoms with Crippen LogP contribution >= 0.6 is 0 Å². The fraction of sp³-hybridized carbons (Fsp3) is 0.333. The minimum absolute atomic E-state index is 0.193. The highest BCUT2D eigenvalue weighted by Crippen LogP contribution is 2.27. The van der Waals surface area contributed by atoms with Crippen LogP contribution in [-0.4, -0.2) is 16.6 Å². The van der Waals surface area contributed by atoms with Crippen LogP contribution in [0.25, 0.3) is 10.9 Å². The van der Waals surface area contributed by atoms with E-state index in [4.69, 9.17) is 4.74 Å². The van der Waals surface area contributed by atoms with Gasteiger partial charge in [0.2, 0.25) is 5.88 Å². The lowest BCUT2D eigenvalue weighted by molar-refractivity contribution is 0.313. The average molecular weight is 338 g/mol. The molecule has 0 saturated heterocycles. The van der Waals surface area contributed by atoms with E-state index in [0.717, 1.165) is 12.8 Å². The van der Waals surface area contributed by atoms with Crippen LogP contribution in [0.15, 0.2) is 48.8 Å². The van der Waals surface area contributed by atoms with Gasteiger partial charge in [-0.05, 0) is 41.2 Å². The standard InChI is InChI=1S/C21H23FN2O/c1-4-21(2,3)16-7-5-15(6-8-16)11-12-25-20-18-13-17(22)9-10-19(18)23-14-24-20/h5-10,13-14H,4,11-12H2,1-3H3. The molecule has 0 unspecified atom stereocenters.